The summed E-state index contributed by atoms with van der Waals surface area (Å²) in [5, 5.41) is 18.5. The summed E-state index contributed by atoms with van der Waals surface area (Å²) in [4.78, 5) is 0. The fourth-order valence-corrected chi connectivity index (χ4v) is 2.06. The van der Waals surface area contributed by atoms with Crippen LogP contribution in [0.25, 0.3) is 0 Å². The molecule has 0 atom stereocenters. The highest BCUT2D eigenvalue weighted by Gasteiger charge is 2.16. The first-order valence-corrected chi connectivity index (χ1v) is 5.87. The van der Waals surface area contributed by atoms with Gasteiger partial charge in [0.2, 0.25) is 0 Å². The van der Waals surface area contributed by atoms with Crippen LogP contribution < -0.4 is 5.73 Å². The molecule has 0 aliphatic carbocycles. The number of nitrogens with two attached hydrogens (primary N) is 1. The number of hydrogen-bond donors (Lipinski definition) is 2. The third-order valence-electron chi connectivity index (χ3n) is 1.81. The van der Waals surface area contributed by atoms with E-state index in [1.807, 2.05) is 11.5 Å². The third kappa shape index (κ3) is 3.81. The zero-order valence-electron chi connectivity index (χ0n) is 9.40. The molecule has 5 nitrogen and oxygen atoms in total. The number of hydrogen-bond acceptors (Lipinski definition) is 5. The highest BCUT2D eigenvalue weighted by Crippen LogP contribution is 2.21. The van der Waals surface area contributed by atoms with E-state index in [1.54, 1.807) is 13.8 Å². The van der Waals surface area contributed by atoms with Gasteiger partial charge in [-0.2, -0.15) is 0 Å². The van der Waals surface area contributed by atoms with Gasteiger partial charge in [0.25, 0.3) is 0 Å². The average Bonchev–Trinajstić information content (AvgIpc) is 2.45. The van der Waals surface area contributed by atoms with Gasteiger partial charge in [0.05, 0.1) is 5.60 Å². The summed E-state index contributed by atoms with van der Waals surface area (Å²) < 4.78 is 1.97. The average molecular weight is 230 g/mol. The maximum Gasteiger partial charge on any atom is 0.191 e. The van der Waals surface area contributed by atoms with E-state index in [-0.39, 0.29) is 0 Å². The minimum Gasteiger partial charge on any atom is -0.390 e. The first-order valence-electron chi connectivity index (χ1n) is 4.89. The Bertz CT molecular complexity index is 318. The van der Waals surface area contributed by atoms with Crippen molar-refractivity contribution in [2.75, 3.05) is 12.3 Å². The fourth-order valence-electron chi connectivity index (χ4n) is 1.10. The standard InChI is InChI=1S/C9H18N4OS/c1-7-11-12-8(13(7)5-4-10)15-6-9(2,3)14/h14H,4-6,10H2,1-3H3. The van der Waals surface area contributed by atoms with E-state index in [2.05, 4.69) is 10.2 Å². The number of aliphatic hydroxyl groups is 1. The topological polar surface area (TPSA) is 77.0 Å². The van der Waals surface area contributed by atoms with Crippen molar-refractivity contribution in [2.45, 2.75) is 38.1 Å². The SMILES string of the molecule is Cc1nnc(SCC(C)(C)O)n1CCN. The van der Waals surface area contributed by atoms with Gasteiger partial charge in [0.15, 0.2) is 5.16 Å². The van der Waals surface area contributed by atoms with Gasteiger partial charge >= 0.3 is 0 Å². The van der Waals surface area contributed by atoms with Crippen molar-refractivity contribution < 1.29 is 5.11 Å². The van der Waals surface area contributed by atoms with E-state index in [9.17, 15) is 5.11 Å². The minimum atomic E-state index is -0.696. The molecule has 0 fully saturated rings. The van der Waals surface area contributed by atoms with Gasteiger partial charge in [0.1, 0.15) is 5.82 Å². The van der Waals surface area contributed by atoms with Crippen molar-refractivity contribution in [3.63, 3.8) is 0 Å². The molecule has 1 aromatic rings. The summed E-state index contributed by atoms with van der Waals surface area (Å²) in [6, 6.07) is 0. The van der Waals surface area contributed by atoms with Gasteiger partial charge in [-0.15, -0.1) is 10.2 Å². The Balaban J connectivity index is 2.68. The number of aromatic nitrogens is 3. The van der Waals surface area contributed by atoms with E-state index in [1.165, 1.54) is 11.8 Å². The molecule has 0 amide bonds. The highest BCUT2D eigenvalue weighted by molar-refractivity contribution is 7.99. The molecule has 0 saturated heterocycles. The zero-order valence-corrected chi connectivity index (χ0v) is 10.2. The van der Waals surface area contributed by atoms with Gasteiger partial charge in [0, 0.05) is 18.8 Å². The molecule has 0 bridgehead atoms. The Labute approximate surface area is 94.1 Å². The largest absolute Gasteiger partial charge is 0.390 e. The lowest BCUT2D eigenvalue weighted by atomic mass is 10.2. The summed E-state index contributed by atoms with van der Waals surface area (Å²) >= 11 is 1.50. The van der Waals surface area contributed by atoms with Crippen LogP contribution in [0.4, 0.5) is 0 Å². The van der Waals surface area contributed by atoms with Crippen molar-refractivity contribution in [3.8, 4) is 0 Å². The Kier molecular flexibility index (Phi) is 4.12. The van der Waals surface area contributed by atoms with Crippen molar-refractivity contribution in [1.29, 1.82) is 0 Å². The highest BCUT2D eigenvalue weighted by atomic mass is 32.2. The second-order valence-corrected chi connectivity index (χ2v) is 5.01. The van der Waals surface area contributed by atoms with E-state index < -0.39 is 5.60 Å². The second-order valence-electron chi connectivity index (χ2n) is 4.07. The number of nitrogens with zero attached hydrogens (tertiary/aromatic N) is 3. The van der Waals surface area contributed by atoms with Gasteiger partial charge in [-0.25, -0.2) is 0 Å². The quantitative estimate of drug-likeness (QED) is 0.716. The number of aryl methyl sites for hydroxylation is 1. The van der Waals surface area contributed by atoms with Crippen LogP contribution >= 0.6 is 11.8 Å². The molecule has 0 aromatic carbocycles. The number of thioether (sulfide) groups is 1. The van der Waals surface area contributed by atoms with Crippen LogP contribution in [0.1, 0.15) is 19.7 Å². The van der Waals surface area contributed by atoms with Crippen LogP contribution in [0.5, 0.6) is 0 Å². The Morgan fingerprint density at radius 1 is 1.47 bits per heavy atom. The molecule has 1 heterocycles. The lowest BCUT2D eigenvalue weighted by Gasteiger charge is -2.16. The molecular weight excluding hydrogens is 212 g/mol. The van der Waals surface area contributed by atoms with Crippen molar-refractivity contribution in [3.05, 3.63) is 5.82 Å². The first-order chi connectivity index (χ1) is 6.94. The van der Waals surface area contributed by atoms with Crippen LogP contribution in [0.3, 0.4) is 0 Å². The van der Waals surface area contributed by atoms with Crippen molar-refractivity contribution in [1.82, 2.24) is 14.8 Å². The lowest BCUT2D eigenvalue weighted by molar-refractivity contribution is 0.107. The summed E-state index contributed by atoms with van der Waals surface area (Å²) in [5.41, 5.74) is 4.81. The molecule has 1 aromatic heterocycles. The molecule has 86 valence electrons. The molecule has 0 unspecified atom stereocenters. The van der Waals surface area contributed by atoms with Gasteiger partial charge in [-0.1, -0.05) is 11.8 Å². The fraction of sp³-hybridized carbons (Fsp3) is 0.778. The van der Waals surface area contributed by atoms with Gasteiger partial charge < -0.3 is 15.4 Å². The Morgan fingerprint density at radius 3 is 2.67 bits per heavy atom. The normalized spacial score (nSPS) is 12.1. The van der Waals surface area contributed by atoms with E-state index in [4.69, 9.17) is 5.73 Å². The monoisotopic (exact) mass is 230 g/mol. The van der Waals surface area contributed by atoms with Crippen LogP contribution in [0.15, 0.2) is 5.16 Å². The van der Waals surface area contributed by atoms with Gasteiger partial charge in [-0.05, 0) is 20.8 Å². The maximum absolute atomic E-state index is 9.60. The van der Waals surface area contributed by atoms with Crippen LogP contribution in [0, 0.1) is 6.92 Å². The Hall–Kier alpha value is -0.590. The summed E-state index contributed by atoms with van der Waals surface area (Å²) in [7, 11) is 0. The molecular formula is C9H18N4OS. The lowest BCUT2D eigenvalue weighted by Crippen LogP contribution is -2.22. The molecule has 15 heavy (non-hydrogen) atoms. The van der Waals surface area contributed by atoms with E-state index >= 15 is 0 Å². The molecule has 1 rings (SSSR count). The van der Waals surface area contributed by atoms with Crippen molar-refractivity contribution in [2.24, 2.45) is 5.73 Å². The van der Waals surface area contributed by atoms with Crippen LogP contribution in [0.2, 0.25) is 0 Å². The molecule has 0 saturated carbocycles. The van der Waals surface area contributed by atoms with Crippen molar-refractivity contribution >= 4 is 11.8 Å². The van der Waals surface area contributed by atoms with Crippen LogP contribution in [-0.4, -0.2) is 37.8 Å². The molecule has 3 N–H and O–H groups in total. The molecule has 0 spiro atoms. The summed E-state index contributed by atoms with van der Waals surface area (Å²) in [6.07, 6.45) is 0. The summed E-state index contributed by atoms with van der Waals surface area (Å²) in [6.45, 7) is 6.73. The number of rotatable bonds is 5. The minimum absolute atomic E-state index is 0.564. The molecule has 6 heteroatoms. The maximum atomic E-state index is 9.60. The van der Waals surface area contributed by atoms with Crippen LogP contribution in [-0.2, 0) is 6.54 Å². The third-order valence-corrected chi connectivity index (χ3v) is 3.22. The predicted octanol–water partition coefficient (Wildman–Crippen LogP) is 0.408. The van der Waals surface area contributed by atoms with Gasteiger partial charge in [-0.3, -0.25) is 0 Å². The van der Waals surface area contributed by atoms with E-state index in [0.29, 0.717) is 18.8 Å². The first kappa shape index (κ1) is 12.5. The zero-order chi connectivity index (χ0) is 11.5. The smallest absolute Gasteiger partial charge is 0.191 e. The molecule has 0 aliphatic heterocycles. The molecule has 0 aliphatic rings. The van der Waals surface area contributed by atoms with E-state index in [0.717, 1.165) is 11.0 Å². The second kappa shape index (κ2) is 4.96. The predicted molar refractivity (Wildman–Crippen MR) is 60.8 cm³/mol. The molecule has 0 radical (unpaired) electrons. The Morgan fingerprint density at radius 2 is 2.13 bits per heavy atom. The summed E-state index contributed by atoms with van der Waals surface area (Å²) in [5.74, 6) is 1.45.